The van der Waals surface area contributed by atoms with E-state index in [9.17, 15) is 10.1 Å². The number of ether oxygens (including phenoxy) is 1. The minimum Gasteiger partial charge on any atom is -0.449 e. The maximum atomic E-state index is 10.9. The van der Waals surface area contributed by atoms with E-state index in [1.165, 1.54) is 18.2 Å². The highest BCUT2D eigenvalue weighted by Crippen LogP contribution is 2.37. The fourth-order valence-corrected chi connectivity index (χ4v) is 1.67. The second kappa shape index (κ2) is 5.38. The molecule has 0 spiro atoms. The zero-order valence-corrected chi connectivity index (χ0v) is 10.3. The van der Waals surface area contributed by atoms with Gasteiger partial charge in [-0.3, -0.25) is 10.1 Å². The van der Waals surface area contributed by atoms with Crippen molar-refractivity contribution < 1.29 is 9.66 Å². The molecule has 2 aromatic rings. The minimum atomic E-state index is -0.565. The van der Waals surface area contributed by atoms with E-state index in [0.717, 1.165) is 0 Å². The largest absolute Gasteiger partial charge is 0.449 e. The predicted molar refractivity (Wildman–Crippen MR) is 69.3 cm³/mol. The van der Waals surface area contributed by atoms with Gasteiger partial charge in [0, 0.05) is 6.07 Å². The van der Waals surface area contributed by atoms with E-state index < -0.39 is 4.92 Å². The quantitative estimate of drug-likeness (QED) is 0.628. The molecule has 6 heteroatoms. The normalized spacial score (nSPS) is 9.68. The number of para-hydroxylation sites is 1. The molecular weight excluding hydrogens is 268 g/mol. The van der Waals surface area contributed by atoms with Crippen LogP contribution in [0.5, 0.6) is 11.5 Å². The van der Waals surface area contributed by atoms with Crippen LogP contribution in [0.15, 0.2) is 42.5 Å². The summed E-state index contributed by atoms with van der Waals surface area (Å²) in [5.41, 5.74) is 0.262. The number of nitriles is 1. The van der Waals surface area contributed by atoms with Gasteiger partial charge in [-0.25, -0.2) is 0 Å². The minimum absolute atomic E-state index is 0.0149. The lowest BCUT2D eigenvalue weighted by molar-refractivity contribution is -0.385. The molecule has 0 saturated heterocycles. The van der Waals surface area contributed by atoms with E-state index in [1.807, 2.05) is 6.07 Å². The maximum Gasteiger partial charge on any atom is 0.313 e. The Hall–Kier alpha value is -2.58. The third kappa shape index (κ3) is 2.81. The highest BCUT2D eigenvalue weighted by molar-refractivity contribution is 6.32. The zero-order chi connectivity index (χ0) is 13.8. The standard InChI is InChI=1S/C13H7ClN2O3/c14-11-2-1-3-12(16(17)18)13(11)19-10-6-4-9(8-15)5-7-10/h1-7H. The summed E-state index contributed by atoms with van der Waals surface area (Å²) in [6, 6.07) is 12.5. The number of hydrogen-bond acceptors (Lipinski definition) is 4. The van der Waals surface area contributed by atoms with E-state index in [-0.39, 0.29) is 16.5 Å². The Morgan fingerprint density at radius 2 is 1.89 bits per heavy atom. The summed E-state index contributed by atoms with van der Waals surface area (Å²) in [6.45, 7) is 0. The van der Waals surface area contributed by atoms with Gasteiger partial charge in [0.25, 0.3) is 0 Å². The van der Waals surface area contributed by atoms with Gasteiger partial charge in [0.05, 0.1) is 21.6 Å². The third-order valence-electron chi connectivity index (χ3n) is 2.35. The molecule has 0 aliphatic rings. The Balaban J connectivity index is 2.37. The molecular formula is C13H7ClN2O3. The first kappa shape index (κ1) is 12.9. The number of nitro groups is 1. The smallest absolute Gasteiger partial charge is 0.313 e. The first-order chi connectivity index (χ1) is 9.11. The second-order valence-electron chi connectivity index (χ2n) is 3.58. The molecule has 19 heavy (non-hydrogen) atoms. The zero-order valence-electron chi connectivity index (χ0n) is 9.54. The molecule has 5 nitrogen and oxygen atoms in total. The molecule has 2 aromatic carbocycles. The van der Waals surface area contributed by atoms with Crippen molar-refractivity contribution in [2.24, 2.45) is 0 Å². The van der Waals surface area contributed by atoms with Crippen LogP contribution in [-0.2, 0) is 0 Å². The van der Waals surface area contributed by atoms with Crippen LogP contribution in [0.2, 0.25) is 5.02 Å². The first-order valence-electron chi connectivity index (χ1n) is 5.22. The highest BCUT2D eigenvalue weighted by atomic mass is 35.5. The molecule has 0 saturated carbocycles. The van der Waals surface area contributed by atoms with Gasteiger partial charge < -0.3 is 4.74 Å². The van der Waals surface area contributed by atoms with E-state index >= 15 is 0 Å². The highest BCUT2D eigenvalue weighted by Gasteiger charge is 2.18. The van der Waals surface area contributed by atoms with Crippen LogP contribution in [0.25, 0.3) is 0 Å². The fraction of sp³-hybridized carbons (Fsp3) is 0. The molecule has 0 aliphatic carbocycles. The Labute approximate surface area is 113 Å². The third-order valence-corrected chi connectivity index (χ3v) is 2.64. The van der Waals surface area contributed by atoms with Crippen molar-refractivity contribution in [3.05, 3.63) is 63.2 Å². The Morgan fingerprint density at radius 1 is 1.21 bits per heavy atom. The molecule has 0 N–H and O–H groups in total. The molecule has 0 aliphatic heterocycles. The summed E-state index contributed by atoms with van der Waals surface area (Å²) in [4.78, 5) is 10.3. The number of hydrogen-bond donors (Lipinski definition) is 0. The Morgan fingerprint density at radius 3 is 2.47 bits per heavy atom. The molecule has 0 amide bonds. The van der Waals surface area contributed by atoms with Gasteiger partial charge in [0.2, 0.25) is 5.75 Å². The van der Waals surface area contributed by atoms with Crippen molar-refractivity contribution in [2.45, 2.75) is 0 Å². The molecule has 0 aromatic heterocycles. The van der Waals surface area contributed by atoms with Crippen LogP contribution in [-0.4, -0.2) is 4.92 Å². The monoisotopic (exact) mass is 274 g/mol. The average Bonchev–Trinajstić information content (AvgIpc) is 2.41. The SMILES string of the molecule is N#Cc1ccc(Oc2c(Cl)cccc2[N+](=O)[O-])cc1. The van der Waals surface area contributed by atoms with Crippen LogP contribution in [0, 0.1) is 21.4 Å². The van der Waals surface area contributed by atoms with Crippen LogP contribution in [0.1, 0.15) is 5.56 Å². The number of halogens is 1. The maximum absolute atomic E-state index is 10.9. The molecule has 0 fully saturated rings. The van der Waals surface area contributed by atoms with E-state index in [2.05, 4.69) is 0 Å². The Bertz CT molecular complexity index is 663. The molecule has 0 unspecified atom stereocenters. The first-order valence-corrected chi connectivity index (χ1v) is 5.60. The van der Waals surface area contributed by atoms with Crippen molar-refractivity contribution in [1.29, 1.82) is 5.26 Å². The van der Waals surface area contributed by atoms with Crippen LogP contribution in [0.4, 0.5) is 5.69 Å². The van der Waals surface area contributed by atoms with Gasteiger partial charge >= 0.3 is 5.69 Å². The van der Waals surface area contributed by atoms with E-state index in [0.29, 0.717) is 11.3 Å². The summed E-state index contributed by atoms with van der Waals surface area (Å²) in [6.07, 6.45) is 0. The topological polar surface area (TPSA) is 76.2 Å². The summed E-state index contributed by atoms with van der Waals surface area (Å²) in [7, 11) is 0. The second-order valence-corrected chi connectivity index (χ2v) is 3.99. The molecule has 94 valence electrons. The number of nitrogens with zero attached hydrogens (tertiary/aromatic N) is 2. The molecule has 0 radical (unpaired) electrons. The van der Waals surface area contributed by atoms with Gasteiger partial charge in [0.1, 0.15) is 5.75 Å². The van der Waals surface area contributed by atoms with Crippen molar-refractivity contribution in [1.82, 2.24) is 0 Å². The van der Waals surface area contributed by atoms with Crippen LogP contribution in [0.3, 0.4) is 0 Å². The molecule has 2 rings (SSSR count). The lowest BCUT2D eigenvalue weighted by Gasteiger charge is -2.07. The summed E-state index contributed by atoms with van der Waals surface area (Å²) in [5.74, 6) is 0.356. The Kier molecular flexibility index (Phi) is 3.64. The summed E-state index contributed by atoms with van der Waals surface area (Å²) >= 11 is 5.90. The average molecular weight is 275 g/mol. The molecule has 0 heterocycles. The summed E-state index contributed by atoms with van der Waals surface area (Å²) in [5, 5.41) is 19.7. The van der Waals surface area contributed by atoms with Crippen LogP contribution >= 0.6 is 11.6 Å². The number of rotatable bonds is 3. The van der Waals surface area contributed by atoms with E-state index in [1.54, 1.807) is 24.3 Å². The van der Waals surface area contributed by atoms with Gasteiger partial charge in [-0.15, -0.1) is 0 Å². The fourth-order valence-electron chi connectivity index (χ4n) is 1.46. The van der Waals surface area contributed by atoms with E-state index in [4.69, 9.17) is 21.6 Å². The lowest BCUT2D eigenvalue weighted by atomic mass is 10.2. The van der Waals surface area contributed by atoms with Gasteiger partial charge in [-0.2, -0.15) is 5.26 Å². The molecule has 0 bridgehead atoms. The van der Waals surface area contributed by atoms with Crippen molar-refractivity contribution in [3.8, 4) is 17.6 Å². The van der Waals surface area contributed by atoms with Crippen molar-refractivity contribution >= 4 is 17.3 Å². The van der Waals surface area contributed by atoms with Crippen molar-refractivity contribution in [2.75, 3.05) is 0 Å². The molecule has 0 atom stereocenters. The van der Waals surface area contributed by atoms with Gasteiger partial charge in [-0.1, -0.05) is 17.7 Å². The van der Waals surface area contributed by atoms with Gasteiger partial charge in [-0.05, 0) is 30.3 Å². The summed E-state index contributed by atoms with van der Waals surface area (Å²) < 4.78 is 5.42. The number of nitro benzene ring substituents is 1. The lowest BCUT2D eigenvalue weighted by Crippen LogP contribution is -1.94. The van der Waals surface area contributed by atoms with Crippen LogP contribution < -0.4 is 4.74 Å². The van der Waals surface area contributed by atoms with Gasteiger partial charge in [0.15, 0.2) is 0 Å². The predicted octanol–water partition coefficient (Wildman–Crippen LogP) is 3.91. The number of benzene rings is 2. The van der Waals surface area contributed by atoms with Crippen molar-refractivity contribution in [3.63, 3.8) is 0 Å².